The number of aryl methyl sites for hydroxylation is 2. The molecule has 0 bridgehead atoms. The molecule has 6 nitrogen and oxygen atoms in total. The Bertz CT molecular complexity index is 1020. The number of benzene rings is 1. The quantitative estimate of drug-likeness (QED) is 0.705. The number of fused-ring (bicyclic) bond motifs is 2. The number of hydrogen-bond acceptors (Lipinski definition) is 3. The lowest BCUT2D eigenvalue weighted by Crippen LogP contribution is -2.40. The Hall–Kier alpha value is -2.63. The highest BCUT2D eigenvalue weighted by Gasteiger charge is 2.29. The lowest BCUT2D eigenvalue weighted by Gasteiger charge is -2.33. The lowest BCUT2D eigenvalue weighted by molar-refractivity contribution is -0.131. The third kappa shape index (κ3) is 3.01. The summed E-state index contributed by atoms with van der Waals surface area (Å²) in [6.45, 7) is 2.70. The molecule has 1 aromatic carbocycles. The number of piperidine rings is 1. The molecule has 2 aliphatic rings. The van der Waals surface area contributed by atoms with Crippen molar-refractivity contribution < 1.29 is 4.79 Å². The SMILES string of the molecule is Cn1nc(CC(=O)N2CCCC(c3ncc4n3CCCC4)C2)c2ccccc21. The summed E-state index contributed by atoms with van der Waals surface area (Å²) in [7, 11) is 1.94. The van der Waals surface area contributed by atoms with E-state index in [0.717, 1.165) is 55.5 Å². The molecule has 0 N–H and O–H groups in total. The summed E-state index contributed by atoms with van der Waals surface area (Å²) in [5, 5.41) is 5.68. The molecule has 0 spiro atoms. The number of rotatable bonds is 3. The fourth-order valence-electron chi connectivity index (χ4n) is 4.88. The van der Waals surface area contributed by atoms with Crippen molar-refractivity contribution in [3.8, 4) is 0 Å². The molecule has 1 unspecified atom stereocenters. The zero-order chi connectivity index (χ0) is 19.1. The number of para-hydroxylation sites is 1. The fourth-order valence-corrected chi connectivity index (χ4v) is 4.88. The molecule has 1 fully saturated rings. The minimum atomic E-state index is 0.180. The number of aromatic nitrogens is 4. The fraction of sp³-hybridized carbons (Fsp3) is 0.500. The molecule has 0 aliphatic carbocycles. The topological polar surface area (TPSA) is 56.0 Å². The Morgan fingerprint density at radius 3 is 3.00 bits per heavy atom. The van der Waals surface area contributed by atoms with Crippen LogP contribution in [0.5, 0.6) is 0 Å². The van der Waals surface area contributed by atoms with Crippen molar-refractivity contribution in [3.05, 3.63) is 47.7 Å². The molecule has 0 radical (unpaired) electrons. The largest absolute Gasteiger partial charge is 0.342 e. The van der Waals surface area contributed by atoms with Gasteiger partial charge in [0.05, 0.1) is 17.6 Å². The summed E-state index contributed by atoms with van der Waals surface area (Å²) in [4.78, 5) is 19.9. The maximum Gasteiger partial charge on any atom is 0.228 e. The van der Waals surface area contributed by atoms with Crippen LogP contribution in [0.3, 0.4) is 0 Å². The van der Waals surface area contributed by atoms with Gasteiger partial charge in [0.25, 0.3) is 0 Å². The van der Waals surface area contributed by atoms with Gasteiger partial charge in [-0.1, -0.05) is 18.2 Å². The maximum atomic E-state index is 13.1. The highest BCUT2D eigenvalue weighted by Crippen LogP contribution is 2.29. The summed E-state index contributed by atoms with van der Waals surface area (Å²) >= 11 is 0. The van der Waals surface area contributed by atoms with Gasteiger partial charge in [0.15, 0.2) is 0 Å². The molecule has 4 heterocycles. The summed E-state index contributed by atoms with van der Waals surface area (Å²) in [5.41, 5.74) is 3.32. The predicted octanol–water partition coefficient (Wildman–Crippen LogP) is 3.05. The van der Waals surface area contributed by atoms with E-state index in [2.05, 4.69) is 28.0 Å². The number of amides is 1. The van der Waals surface area contributed by atoms with E-state index in [4.69, 9.17) is 4.98 Å². The summed E-state index contributed by atoms with van der Waals surface area (Å²) in [5.74, 6) is 1.72. The van der Waals surface area contributed by atoms with Gasteiger partial charge in [-0.3, -0.25) is 9.48 Å². The minimum absolute atomic E-state index is 0.180. The number of carbonyl (C=O) groups is 1. The number of carbonyl (C=O) groups excluding carboxylic acids is 1. The lowest BCUT2D eigenvalue weighted by atomic mass is 9.96. The van der Waals surface area contributed by atoms with Crippen LogP contribution in [-0.2, 0) is 31.2 Å². The predicted molar refractivity (Wildman–Crippen MR) is 108 cm³/mol. The first-order valence-electron chi connectivity index (χ1n) is 10.4. The molecule has 6 heteroatoms. The Balaban J connectivity index is 1.33. The summed E-state index contributed by atoms with van der Waals surface area (Å²) < 4.78 is 4.28. The van der Waals surface area contributed by atoms with Gasteiger partial charge >= 0.3 is 0 Å². The zero-order valence-corrected chi connectivity index (χ0v) is 16.5. The van der Waals surface area contributed by atoms with Crippen LogP contribution in [0.1, 0.15) is 48.8 Å². The number of nitrogens with zero attached hydrogens (tertiary/aromatic N) is 5. The van der Waals surface area contributed by atoms with E-state index in [1.54, 1.807) is 0 Å². The second-order valence-corrected chi connectivity index (χ2v) is 8.16. The van der Waals surface area contributed by atoms with Gasteiger partial charge in [0.1, 0.15) is 5.82 Å². The van der Waals surface area contributed by atoms with Crippen molar-refractivity contribution in [2.24, 2.45) is 7.05 Å². The summed E-state index contributed by atoms with van der Waals surface area (Å²) in [6.07, 6.45) is 8.21. The van der Waals surface area contributed by atoms with E-state index >= 15 is 0 Å². The van der Waals surface area contributed by atoms with Crippen molar-refractivity contribution in [3.63, 3.8) is 0 Å². The molecule has 2 aromatic heterocycles. The van der Waals surface area contributed by atoms with Crippen LogP contribution in [0, 0.1) is 0 Å². The molecule has 0 saturated carbocycles. The molecule has 1 saturated heterocycles. The van der Waals surface area contributed by atoms with Crippen LogP contribution in [0.4, 0.5) is 0 Å². The summed E-state index contributed by atoms with van der Waals surface area (Å²) in [6, 6.07) is 8.13. The van der Waals surface area contributed by atoms with E-state index in [1.165, 1.54) is 24.4 Å². The van der Waals surface area contributed by atoms with Crippen LogP contribution in [0.2, 0.25) is 0 Å². The van der Waals surface area contributed by atoms with Gasteiger partial charge < -0.3 is 9.47 Å². The van der Waals surface area contributed by atoms with E-state index < -0.39 is 0 Å². The monoisotopic (exact) mass is 377 g/mol. The molecular formula is C22H27N5O. The minimum Gasteiger partial charge on any atom is -0.342 e. The highest BCUT2D eigenvalue weighted by atomic mass is 16.2. The van der Waals surface area contributed by atoms with Gasteiger partial charge in [-0.2, -0.15) is 5.10 Å². The third-order valence-corrected chi connectivity index (χ3v) is 6.33. The molecule has 2 aliphatic heterocycles. The normalized spacial score (nSPS) is 19.8. The number of imidazole rings is 1. The van der Waals surface area contributed by atoms with Crippen LogP contribution in [0.15, 0.2) is 30.5 Å². The van der Waals surface area contributed by atoms with Crippen LogP contribution in [0.25, 0.3) is 10.9 Å². The third-order valence-electron chi connectivity index (χ3n) is 6.33. The second kappa shape index (κ2) is 7.08. The van der Waals surface area contributed by atoms with Gasteiger partial charge in [-0.05, 0) is 38.2 Å². The average Bonchev–Trinajstić information content (AvgIpc) is 3.30. The Morgan fingerprint density at radius 1 is 1.18 bits per heavy atom. The van der Waals surface area contributed by atoms with E-state index in [-0.39, 0.29) is 5.91 Å². The first kappa shape index (κ1) is 17.5. The van der Waals surface area contributed by atoms with Gasteiger partial charge in [-0.15, -0.1) is 0 Å². The van der Waals surface area contributed by atoms with Crippen molar-refractivity contribution in [2.45, 2.75) is 51.0 Å². The standard InChI is InChI=1S/C22H27N5O/c1-25-20-10-3-2-9-18(20)19(24-25)13-21(28)26-11-6-7-16(15-26)22-23-14-17-8-4-5-12-27(17)22/h2-3,9-10,14,16H,4-8,11-13,15H2,1H3. The van der Waals surface area contributed by atoms with Gasteiger partial charge in [0, 0.05) is 49.9 Å². The molecule has 1 atom stereocenters. The maximum absolute atomic E-state index is 13.1. The van der Waals surface area contributed by atoms with E-state index in [9.17, 15) is 4.79 Å². The van der Waals surface area contributed by atoms with E-state index in [0.29, 0.717) is 12.3 Å². The Kier molecular flexibility index (Phi) is 4.41. The first-order chi connectivity index (χ1) is 13.7. The van der Waals surface area contributed by atoms with Crippen LogP contribution in [-0.4, -0.2) is 43.2 Å². The molecule has 28 heavy (non-hydrogen) atoms. The Morgan fingerprint density at radius 2 is 2.07 bits per heavy atom. The zero-order valence-electron chi connectivity index (χ0n) is 16.5. The number of hydrogen-bond donors (Lipinski definition) is 0. The second-order valence-electron chi connectivity index (χ2n) is 8.16. The molecule has 1 amide bonds. The van der Waals surface area contributed by atoms with E-state index in [1.807, 2.05) is 28.8 Å². The van der Waals surface area contributed by atoms with Crippen molar-refractivity contribution in [2.75, 3.05) is 13.1 Å². The average molecular weight is 377 g/mol. The van der Waals surface area contributed by atoms with Crippen molar-refractivity contribution in [1.82, 2.24) is 24.2 Å². The van der Waals surface area contributed by atoms with Crippen molar-refractivity contribution >= 4 is 16.8 Å². The molecule has 146 valence electrons. The Labute approximate surface area is 165 Å². The molecular weight excluding hydrogens is 350 g/mol. The molecule has 5 rings (SSSR count). The molecule has 3 aromatic rings. The van der Waals surface area contributed by atoms with Crippen molar-refractivity contribution in [1.29, 1.82) is 0 Å². The first-order valence-corrected chi connectivity index (χ1v) is 10.4. The highest BCUT2D eigenvalue weighted by molar-refractivity contribution is 5.87. The smallest absolute Gasteiger partial charge is 0.228 e. The van der Waals surface area contributed by atoms with Gasteiger partial charge in [0.2, 0.25) is 5.91 Å². The van der Waals surface area contributed by atoms with Crippen LogP contribution >= 0.6 is 0 Å². The van der Waals surface area contributed by atoms with Gasteiger partial charge in [-0.25, -0.2) is 4.98 Å². The van der Waals surface area contributed by atoms with Crippen LogP contribution < -0.4 is 0 Å². The number of likely N-dealkylation sites (tertiary alicyclic amines) is 1.